The van der Waals surface area contributed by atoms with E-state index >= 15 is 0 Å². The van der Waals surface area contributed by atoms with Crippen molar-refractivity contribution in [3.05, 3.63) is 52.5 Å². The maximum atomic E-state index is 11.4. The SMILES string of the molecule is CC(O)c1cc(Br)ccc1Sc1ccc(S(C)(=O)=O)cc1. The van der Waals surface area contributed by atoms with Gasteiger partial charge >= 0.3 is 0 Å². The summed E-state index contributed by atoms with van der Waals surface area (Å²) in [5.74, 6) is 0. The number of halogens is 1. The van der Waals surface area contributed by atoms with Crippen molar-refractivity contribution < 1.29 is 13.5 Å². The monoisotopic (exact) mass is 386 g/mol. The van der Waals surface area contributed by atoms with Crippen molar-refractivity contribution in [3.63, 3.8) is 0 Å². The summed E-state index contributed by atoms with van der Waals surface area (Å²) in [5.41, 5.74) is 0.835. The third kappa shape index (κ3) is 4.32. The molecule has 0 radical (unpaired) electrons. The van der Waals surface area contributed by atoms with Gasteiger partial charge in [-0.15, -0.1) is 0 Å². The van der Waals surface area contributed by atoms with Crippen LogP contribution in [0.5, 0.6) is 0 Å². The molecular weight excluding hydrogens is 372 g/mol. The van der Waals surface area contributed by atoms with Gasteiger partial charge in [0.05, 0.1) is 11.0 Å². The maximum Gasteiger partial charge on any atom is 0.175 e. The molecule has 0 aliphatic rings. The van der Waals surface area contributed by atoms with Crippen LogP contribution in [0.2, 0.25) is 0 Å². The zero-order chi connectivity index (χ0) is 15.6. The summed E-state index contributed by atoms with van der Waals surface area (Å²) in [4.78, 5) is 2.17. The fourth-order valence-corrected chi connectivity index (χ4v) is 3.84. The van der Waals surface area contributed by atoms with E-state index < -0.39 is 15.9 Å². The first-order chi connectivity index (χ1) is 9.77. The van der Waals surface area contributed by atoms with E-state index in [0.29, 0.717) is 4.90 Å². The van der Waals surface area contributed by atoms with Gasteiger partial charge in [0, 0.05) is 20.5 Å². The molecular formula is C15H15BrO3S2. The second kappa shape index (κ2) is 6.52. The molecule has 0 saturated carbocycles. The third-order valence-corrected chi connectivity index (χ3v) is 5.62. The fourth-order valence-electron chi connectivity index (χ4n) is 1.82. The molecule has 1 atom stereocenters. The minimum absolute atomic E-state index is 0.304. The van der Waals surface area contributed by atoms with E-state index in [-0.39, 0.29) is 0 Å². The van der Waals surface area contributed by atoms with E-state index in [1.165, 1.54) is 18.0 Å². The first kappa shape index (κ1) is 16.5. The molecule has 0 amide bonds. The van der Waals surface area contributed by atoms with E-state index in [0.717, 1.165) is 19.8 Å². The van der Waals surface area contributed by atoms with Gasteiger partial charge in [-0.05, 0) is 55.0 Å². The van der Waals surface area contributed by atoms with E-state index in [1.807, 2.05) is 18.2 Å². The van der Waals surface area contributed by atoms with Crippen LogP contribution in [0.4, 0.5) is 0 Å². The molecule has 1 unspecified atom stereocenters. The highest BCUT2D eigenvalue weighted by Gasteiger charge is 2.11. The van der Waals surface area contributed by atoms with E-state index in [2.05, 4.69) is 15.9 Å². The van der Waals surface area contributed by atoms with Gasteiger partial charge < -0.3 is 5.11 Å². The topological polar surface area (TPSA) is 54.4 Å². The number of benzene rings is 2. The minimum atomic E-state index is -3.18. The Bertz CT molecular complexity index is 738. The average Bonchev–Trinajstić information content (AvgIpc) is 2.40. The van der Waals surface area contributed by atoms with Crippen molar-refractivity contribution in [2.45, 2.75) is 27.7 Å². The quantitative estimate of drug-likeness (QED) is 0.860. The number of rotatable bonds is 4. The summed E-state index contributed by atoms with van der Waals surface area (Å²) >= 11 is 4.89. The second-order valence-corrected chi connectivity index (χ2v) is 8.75. The molecule has 0 aliphatic heterocycles. The van der Waals surface area contributed by atoms with E-state index in [4.69, 9.17) is 0 Å². The van der Waals surface area contributed by atoms with Gasteiger partial charge in [0.1, 0.15) is 0 Å². The Morgan fingerprint density at radius 2 is 1.76 bits per heavy atom. The molecule has 112 valence electrons. The average molecular weight is 387 g/mol. The normalized spacial score (nSPS) is 13.1. The lowest BCUT2D eigenvalue weighted by Crippen LogP contribution is -1.96. The van der Waals surface area contributed by atoms with E-state index in [1.54, 1.807) is 31.2 Å². The summed E-state index contributed by atoms with van der Waals surface area (Å²) in [7, 11) is -3.18. The molecule has 0 saturated heterocycles. The number of sulfone groups is 1. The molecule has 6 heteroatoms. The summed E-state index contributed by atoms with van der Waals surface area (Å²) in [6.07, 6.45) is 0.621. The zero-order valence-corrected chi connectivity index (χ0v) is 14.8. The standard InChI is InChI=1S/C15H15BrO3S2/c1-10(17)14-9-11(16)3-8-15(14)20-12-4-6-13(7-5-12)21(2,18)19/h3-10,17H,1-2H3. The highest BCUT2D eigenvalue weighted by Crippen LogP contribution is 2.35. The van der Waals surface area contributed by atoms with Gasteiger partial charge in [0.25, 0.3) is 0 Å². The molecule has 3 nitrogen and oxygen atoms in total. The van der Waals surface area contributed by atoms with Crippen molar-refractivity contribution in [2.24, 2.45) is 0 Å². The van der Waals surface area contributed by atoms with Crippen molar-refractivity contribution in [1.82, 2.24) is 0 Å². The van der Waals surface area contributed by atoms with Crippen molar-refractivity contribution >= 4 is 37.5 Å². The lowest BCUT2D eigenvalue weighted by molar-refractivity contribution is 0.196. The summed E-state index contributed by atoms with van der Waals surface area (Å²) in [6.45, 7) is 1.72. The molecule has 21 heavy (non-hydrogen) atoms. The second-order valence-electron chi connectivity index (χ2n) is 4.70. The Labute approximate surface area is 137 Å². The van der Waals surface area contributed by atoms with Gasteiger partial charge in [0.2, 0.25) is 0 Å². The van der Waals surface area contributed by atoms with E-state index in [9.17, 15) is 13.5 Å². The largest absolute Gasteiger partial charge is 0.389 e. The lowest BCUT2D eigenvalue weighted by atomic mass is 10.1. The Morgan fingerprint density at radius 1 is 1.14 bits per heavy atom. The smallest absolute Gasteiger partial charge is 0.175 e. The third-order valence-electron chi connectivity index (χ3n) is 2.90. The Morgan fingerprint density at radius 3 is 2.29 bits per heavy atom. The van der Waals surface area contributed by atoms with Crippen LogP contribution < -0.4 is 0 Å². The molecule has 0 aliphatic carbocycles. The van der Waals surface area contributed by atoms with Crippen molar-refractivity contribution in [1.29, 1.82) is 0 Å². The summed E-state index contributed by atoms with van der Waals surface area (Å²) in [5, 5.41) is 9.84. The van der Waals surface area contributed by atoms with Gasteiger partial charge in [-0.1, -0.05) is 27.7 Å². The zero-order valence-electron chi connectivity index (χ0n) is 11.6. The molecule has 2 aromatic rings. The van der Waals surface area contributed by atoms with Gasteiger partial charge in [0.15, 0.2) is 9.84 Å². The summed E-state index contributed by atoms with van der Waals surface area (Å²) in [6, 6.07) is 12.5. The molecule has 0 spiro atoms. The van der Waals surface area contributed by atoms with Crippen LogP contribution in [-0.4, -0.2) is 19.8 Å². The first-order valence-electron chi connectivity index (χ1n) is 6.23. The molecule has 0 heterocycles. The molecule has 0 fully saturated rings. The summed E-state index contributed by atoms with van der Waals surface area (Å²) < 4.78 is 23.8. The van der Waals surface area contributed by atoms with Crippen LogP contribution in [-0.2, 0) is 9.84 Å². The minimum Gasteiger partial charge on any atom is -0.389 e. The van der Waals surface area contributed by atoms with Crippen LogP contribution in [0.3, 0.4) is 0 Å². The van der Waals surface area contributed by atoms with Crippen LogP contribution in [0, 0.1) is 0 Å². The Kier molecular flexibility index (Phi) is 5.14. The predicted octanol–water partition coefficient (Wildman–Crippen LogP) is 4.06. The predicted molar refractivity (Wildman–Crippen MR) is 88.5 cm³/mol. The molecule has 1 N–H and O–H groups in total. The van der Waals surface area contributed by atoms with Gasteiger partial charge in [-0.2, -0.15) is 0 Å². The fraction of sp³-hybridized carbons (Fsp3) is 0.200. The van der Waals surface area contributed by atoms with Gasteiger partial charge in [-0.25, -0.2) is 8.42 Å². The molecule has 2 aromatic carbocycles. The van der Waals surface area contributed by atoms with Crippen LogP contribution in [0.1, 0.15) is 18.6 Å². The first-order valence-corrected chi connectivity index (χ1v) is 9.73. The Hall–Kier alpha value is -0.820. The van der Waals surface area contributed by atoms with Gasteiger partial charge in [-0.3, -0.25) is 0 Å². The number of hydrogen-bond donors (Lipinski definition) is 1. The van der Waals surface area contributed by atoms with Crippen molar-refractivity contribution in [2.75, 3.05) is 6.26 Å². The molecule has 2 rings (SSSR count). The highest BCUT2D eigenvalue weighted by molar-refractivity contribution is 9.10. The molecule has 0 aromatic heterocycles. The number of aliphatic hydroxyl groups is 1. The number of hydrogen-bond acceptors (Lipinski definition) is 4. The van der Waals surface area contributed by atoms with Crippen LogP contribution >= 0.6 is 27.7 Å². The van der Waals surface area contributed by atoms with Crippen molar-refractivity contribution in [3.8, 4) is 0 Å². The molecule has 0 bridgehead atoms. The number of aliphatic hydroxyl groups excluding tert-OH is 1. The highest BCUT2D eigenvalue weighted by atomic mass is 79.9. The lowest BCUT2D eigenvalue weighted by Gasteiger charge is -2.12. The Balaban J connectivity index is 2.30. The van der Waals surface area contributed by atoms with Crippen LogP contribution in [0.25, 0.3) is 0 Å². The van der Waals surface area contributed by atoms with Crippen LogP contribution in [0.15, 0.2) is 61.6 Å². The maximum absolute atomic E-state index is 11.4.